The molecule has 5 rings (SSSR count). The first-order chi connectivity index (χ1) is 19.9. The summed E-state index contributed by atoms with van der Waals surface area (Å²) in [5.74, 6) is 2.09. The molecule has 1 aromatic heterocycles. The van der Waals surface area contributed by atoms with E-state index in [1.807, 2.05) is 40.0 Å². The SMILES string of the molecule is CC(C)CC(=O)/C=C(\O)CC(C)C.CC(C)Cc1ccc2c(c1)-c1ccc[c-]c1-c1nccc3cc(C(C)C)cc-2c13.[Ir]. The Labute approximate surface area is 272 Å². The van der Waals surface area contributed by atoms with Gasteiger partial charge in [-0.2, -0.15) is 0 Å². The molecule has 0 amide bonds. The second-order valence-corrected chi connectivity index (χ2v) is 13.2. The molecule has 229 valence electrons. The standard InChI is InChI=1S/C28H26N.C11H20O2.Ir/c1-17(2)13-19-9-10-23-25(14-19)22-7-5-6-8-24(22)28-27-20(11-12-29-28)15-21(18(3)4)16-26(23)27;1-8(2)5-10(12)7-11(13)6-9(3)4;/h5-7,9-12,14-18H,13H2,1-4H3;7-9,12H,5-6H2,1-4H3;/q-1;;/b;10-7-;. The van der Waals surface area contributed by atoms with Crippen molar-refractivity contribution in [3.8, 4) is 33.5 Å². The van der Waals surface area contributed by atoms with Crippen molar-refractivity contribution in [2.75, 3.05) is 0 Å². The number of hydrogen-bond acceptors (Lipinski definition) is 3. The van der Waals surface area contributed by atoms with Crippen molar-refractivity contribution < 1.29 is 30.0 Å². The molecule has 3 nitrogen and oxygen atoms in total. The van der Waals surface area contributed by atoms with Gasteiger partial charge in [0.05, 0.1) is 5.76 Å². The average Bonchev–Trinajstić information content (AvgIpc) is 3.02. The van der Waals surface area contributed by atoms with E-state index in [0.29, 0.717) is 36.5 Å². The molecule has 1 aliphatic rings. The number of rotatable bonds is 8. The third kappa shape index (κ3) is 8.52. The van der Waals surface area contributed by atoms with Crippen LogP contribution in [0.5, 0.6) is 0 Å². The summed E-state index contributed by atoms with van der Waals surface area (Å²) in [4.78, 5) is 16.0. The van der Waals surface area contributed by atoms with Crippen molar-refractivity contribution in [1.29, 1.82) is 0 Å². The Morgan fingerprint density at radius 3 is 2.21 bits per heavy atom. The molecule has 0 saturated carbocycles. The number of benzene rings is 3. The van der Waals surface area contributed by atoms with Gasteiger partial charge in [0.15, 0.2) is 5.78 Å². The summed E-state index contributed by atoms with van der Waals surface area (Å²) < 4.78 is 0. The second kappa shape index (κ2) is 15.1. The van der Waals surface area contributed by atoms with E-state index in [1.54, 1.807) is 0 Å². The molecule has 0 spiro atoms. The van der Waals surface area contributed by atoms with E-state index in [1.165, 1.54) is 50.2 Å². The van der Waals surface area contributed by atoms with Crippen LogP contribution in [0, 0.1) is 23.8 Å². The Morgan fingerprint density at radius 1 is 0.837 bits per heavy atom. The maximum atomic E-state index is 11.2. The van der Waals surface area contributed by atoms with E-state index in [2.05, 4.69) is 82.3 Å². The van der Waals surface area contributed by atoms with E-state index >= 15 is 0 Å². The maximum absolute atomic E-state index is 11.2. The van der Waals surface area contributed by atoms with Gasteiger partial charge in [-0.05, 0) is 74.9 Å². The monoisotopic (exact) mass is 753 g/mol. The van der Waals surface area contributed by atoms with E-state index in [9.17, 15) is 9.90 Å². The van der Waals surface area contributed by atoms with Crippen LogP contribution in [0.3, 0.4) is 0 Å². The first-order valence-electron chi connectivity index (χ1n) is 15.4. The number of nitrogens with zero attached hydrogens (tertiary/aromatic N) is 1. The van der Waals surface area contributed by atoms with E-state index in [-0.39, 0.29) is 31.6 Å². The zero-order valence-corrected chi connectivity index (χ0v) is 29.3. The minimum atomic E-state index is 0. The largest absolute Gasteiger partial charge is 0.512 e. The summed E-state index contributed by atoms with van der Waals surface area (Å²) in [6.07, 6.45) is 5.49. The fourth-order valence-corrected chi connectivity index (χ4v) is 5.70. The smallest absolute Gasteiger partial charge is 0.159 e. The molecule has 1 heterocycles. The summed E-state index contributed by atoms with van der Waals surface area (Å²) in [6.45, 7) is 17.1. The minimum Gasteiger partial charge on any atom is -0.512 e. The van der Waals surface area contributed by atoms with Crippen molar-refractivity contribution in [2.24, 2.45) is 17.8 Å². The molecule has 0 saturated heterocycles. The number of carbonyl (C=O) groups is 1. The number of aliphatic hydroxyl groups is 1. The number of ketones is 1. The number of aromatic nitrogens is 1. The number of hydrogen-bond donors (Lipinski definition) is 1. The Balaban J connectivity index is 0.000000310. The van der Waals surface area contributed by atoms with Crippen molar-refractivity contribution in [1.82, 2.24) is 4.98 Å². The van der Waals surface area contributed by atoms with Gasteiger partial charge in [-0.3, -0.25) is 4.79 Å². The predicted molar refractivity (Wildman–Crippen MR) is 178 cm³/mol. The van der Waals surface area contributed by atoms with Gasteiger partial charge in [-0.25, -0.2) is 0 Å². The number of pyridine rings is 1. The molecule has 1 aliphatic carbocycles. The van der Waals surface area contributed by atoms with Crippen molar-refractivity contribution in [3.63, 3.8) is 0 Å². The van der Waals surface area contributed by atoms with Crippen LogP contribution in [0.4, 0.5) is 0 Å². The third-order valence-corrected chi connectivity index (χ3v) is 7.51. The van der Waals surface area contributed by atoms with Gasteiger partial charge in [0.25, 0.3) is 0 Å². The average molecular weight is 753 g/mol. The first-order valence-corrected chi connectivity index (χ1v) is 15.4. The molecule has 43 heavy (non-hydrogen) atoms. The van der Waals surface area contributed by atoms with Gasteiger partial charge in [-0.1, -0.05) is 96.8 Å². The molecule has 4 heteroatoms. The molecule has 0 unspecified atom stereocenters. The van der Waals surface area contributed by atoms with Crippen LogP contribution in [0.25, 0.3) is 44.3 Å². The molecule has 1 radical (unpaired) electrons. The molecule has 3 aromatic carbocycles. The van der Waals surface area contributed by atoms with Crippen LogP contribution in [-0.2, 0) is 31.3 Å². The molecular formula is C39H46IrNO2-. The summed E-state index contributed by atoms with van der Waals surface area (Å²) in [5.41, 5.74) is 10.1. The van der Waals surface area contributed by atoms with Gasteiger partial charge in [0, 0.05) is 45.2 Å². The van der Waals surface area contributed by atoms with Crippen LogP contribution in [0.2, 0.25) is 0 Å². The quantitative estimate of drug-likeness (QED) is 0.0976. The Hall–Kier alpha value is -3.07. The first kappa shape index (κ1) is 34.4. The third-order valence-electron chi connectivity index (χ3n) is 7.51. The summed E-state index contributed by atoms with van der Waals surface area (Å²) in [6, 6.07) is 23.7. The van der Waals surface area contributed by atoms with Crippen LogP contribution >= 0.6 is 0 Å². The van der Waals surface area contributed by atoms with Crippen LogP contribution in [0.1, 0.15) is 85.3 Å². The Morgan fingerprint density at radius 2 is 1.56 bits per heavy atom. The topological polar surface area (TPSA) is 50.2 Å². The van der Waals surface area contributed by atoms with Crippen LogP contribution < -0.4 is 0 Å². The van der Waals surface area contributed by atoms with Gasteiger partial charge in [-0.15, -0.1) is 29.8 Å². The number of carbonyl (C=O) groups excluding carboxylic acids is 1. The summed E-state index contributed by atoms with van der Waals surface area (Å²) >= 11 is 0. The number of fused-ring (bicyclic) bond motifs is 5. The normalized spacial score (nSPS) is 12.0. The fourth-order valence-electron chi connectivity index (χ4n) is 5.70. The van der Waals surface area contributed by atoms with Gasteiger partial charge in [0.1, 0.15) is 0 Å². The Kier molecular flexibility index (Phi) is 12.1. The van der Waals surface area contributed by atoms with Crippen LogP contribution in [-0.4, -0.2) is 15.9 Å². The fraction of sp³-hybridized carbons (Fsp3) is 0.385. The Bertz CT molecular complexity index is 1600. The van der Waals surface area contributed by atoms with Crippen molar-refractivity contribution in [2.45, 2.75) is 80.6 Å². The molecule has 0 bridgehead atoms. The zero-order valence-electron chi connectivity index (χ0n) is 26.9. The van der Waals surface area contributed by atoms with Gasteiger partial charge >= 0.3 is 0 Å². The summed E-state index contributed by atoms with van der Waals surface area (Å²) in [5, 5.41) is 11.9. The summed E-state index contributed by atoms with van der Waals surface area (Å²) in [7, 11) is 0. The molecule has 0 atom stereocenters. The molecule has 0 aliphatic heterocycles. The number of aliphatic hydroxyl groups excluding tert-OH is 1. The molecule has 4 aromatic rings. The van der Waals surface area contributed by atoms with Crippen LogP contribution in [0.15, 0.2) is 72.6 Å². The van der Waals surface area contributed by atoms with E-state index < -0.39 is 0 Å². The van der Waals surface area contributed by atoms with Crippen molar-refractivity contribution >= 4 is 16.6 Å². The minimum absolute atomic E-state index is 0. The second-order valence-electron chi connectivity index (χ2n) is 13.2. The molecular weight excluding hydrogens is 707 g/mol. The van der Waals surface area contributed by atoms with Gasteiger partial charge in [0.2, 0.25) is 0 Å². The molecule has 0 fully saturated rings. The van der Waals surface area contributed by atoms with Gasteiger partial charge < -0.3 is 10.1 Å². The van der Waals surface area contributed by atoms with E-state index in [4.69, 9.17) is 4.98 Å². The predicted octanol–water partition coefficient (Wildman–Crippen LogP) is 10.8. The maximum Gasteiger partial charge on any atom is 0.159 e. The van der Waals surface area contributed by atoms with Crippen molar-refractivity contribution in [3.05, 3.63) is 89.8 Å². The molecule has 1 N–H and O–H groups in total. The number of allylic oxidation sites excluding steroid dienone is 2. The van der Waals surface area contributed by atoms with E-state index in [0.717, 1.165) is 17.7 Å². The zero-order chi connectivity index (χ0) is 30.6.